The number of para-hydroxylation sites is 1. The van der Waals surface area contributed by atoms with Crippen LogP contribution in [0.4, 0.5) is 0 Å². The molecule has 0 radical (unpaired) electrons. The van der Waals surface area contributed by atoms with Gasteiger partial charge in [0.05, 0.1) is 5.02 Å². The summed E-state index contributed by atoms with van der Waals surface area (Å²) in [5.41, 5.74) is 8.63. The van der Waals surface area contributed by atoms with Crippen molar-refractivity contribution in [1.29, 1.82) is 0 Å². The lowest BCUT2D eigenvalue weighted by atomic mass is 9.91. The third-order valence-corrected chi connectivity index (χ3v) is 6.23. The van der Waals surface area contributed by atoms with E-state index in [1.54, 1.807) is 0 Å². The Balaban J connectivity index is 1.66. The lowest BCUT2D eigenvalue weighted by Gasteiger charge is -2.12. The normalized spacial score (nSPS) is 11.3. The molecule has 1 nitrogen and oxygen atoms in total. The summed E-state index contributed by atoms with van der Waals surface area (Å²) in [4.78, 5) is 0. The van der Waals surface area contributed by atoms with Gasteiger partial charge in [-0.15, -0.1) is 0 Å². The molecule has 0 spiro atoms. The first-order valence-corrected chi connectivity index (χ1v) is 11.0. The maximum absolute atomic E-state index is 6.44. The Morgan fingerprint density at radius 1 is 0.500 bits per heavy atom. The lowest BCUT2D eigenvalue weighted by Crippen LogP contribution is -1.86. The van der Waals surface area contributed by atoms with Crippen molar-refractivity contribution in [2.45, 2.75) is 0 Å². The molecular weight excluding hydrogens is 412 g/mol. The summed E-state index contributed by atoms with van der Waals surface area (Å²) >= 11 is 6.44. The molecule has 0 unspecified atom stereocenters. The molecule has 152 valence electrons. The van der Waals surface area contributed by atoms with Gasteiger partial charge in [0.1, 0.15) is 5.58 Å². The van der Waals surface area contributed by atoms with Gasteiger partial charge in [-0.05, 0) is 63.7 Å². The maximum Gasteiger partial charge on any atom is 0.154 e. The predicted molar refractivity (Wildman–Crippen MR) is 135 cm³/mol. The molecule has 0 fully saturated rings. The van der Waals surface area contributed by atoms with Crippen molar-refractivity contribution in [2.75, 3.05) is 0 Å². The van der Waals surface area contributed by atoms with Crippen LogP contribution in [0.3, 0.4) is 0 Å². The van der Waals surface area contributed by atoms with Crippen LogP contribution in [0.1, 0.15) is 0 Å². The van der Waals surface area contributed by atoms with Gasteiger partial charge in [-0.2, -0.15) is 0 Å². The zero-order chi connectivity index (χ0) is 21.5. The fourth-order valence-electron chi connectivity index (χ4n) is 4.43. The zero-order valence-corrected chi connectivity index (χ0v) is 18.0. The monoisotopic (exact) mass is 430 g/mol. The molecule has 0 aliphatic heterocycles. The smallest absolute Gasteiger partial charge is 0.154 e. The van der Waals surface area contributed by atoms with E-state index in [2.05, 4.69) is 78.9 Å². The molecule has 2 heteroatoms. The van der Waals surface area contributed by atoms with Crippen LogP contribution in [0.25, 0.3) is 55.3 Å². The Morgan fingerprint density at radius 3 is 1.75 bits per heavy atom. The van der Waals surface area contributed by atoms with Crippen molar-refractivity contribution in [2.24, 2.45) is 0 Å². The zero-order valence-electron chi connectivity index (χ0n) is 17.3. The molecule has 6 aromatic rings. The molecule has 1 heterocycles. The molecule has 0 amide bonds. The Bertz CT molecular complexity index is 1510. The quantitative estimate of drug-likeness (QED) is 0.272. The number of fused-ring (bicyclic) bond motifs is 3. The lowest BCUT2D eigenvalue weighted by molar-refractivity contribution is 0.669. The predicted octanol–water partition coefficient (Wildman–Crippen LogP) is 9.24. The highest BCUT2D eigenvalue weighted by Gasteiger charge is 2.15. The minimum absolute atomic E-state index is 0.632. The van der Waals surface area contributed by atoms with E-state index in [1.165, 1.54) is 22.3 Å². The molecule has 5 aromatic carbocycles. The summed E-state index contributed by atoms with van der Waals surface area (Å²) < 4.78 is 6.14. The largest absolute Gasteiger partial charge is 0.454 e. The summed E-state index contributed by atoms with van der Waals surface area (Å²) in [5, 5.41) is 2.76. The highest BCUT2D eigenvalue weighted by Crippen LogP contribution is 2.41. The first-order valence-electron chi connectivity index (χ1n) is 10.6. The highest BCUT2D eigenvalue weighted by atomic mass is 35.5. The van der Waals surface area contributed by atoms with Crippen LogP contribution in [0, 0.1) is 0 Å². The Kier molecular flexibility index (Phi) is 4.56. The average molecular weight is 431 g/mol. The number of furan rings is 1. The second kappa shape index (κ2) is 7.71. The van der Waals surface area contributed by atoms with Crippen molar-refractivity contribution in [3.05, 3.63) is 120 Å². The molecule has 1 aromatic heterocycles. The standard InChI is InChI=1S/C30H19ClO/c31-27-15-7-14-26-29-25(13-8-16-28(29)32-30(26)27)24-18-22(20-9-3-1-4-10-20)17-23(19-24)21-11-5-2-6-12-21/h1-19H. The minimum atomic E-state index is 0.632. The third-order valence-electron chi connectivity index (χ3n) is 5.93. The van der Waals surface area contributed by atoms with Gasteiger partial charge in [-0.25, -0.2) is 0 Å². The SMILES string of the molecule is Clc1cccc2c1oc1cccc(-c3cc(-c4ccccc4)cc(-c4ccccc4)c3)c12. The van der Waals surface area contributed by atoms with Crippen LogP contribution in [0.2, 0.25) is 5.02 Å². The molecule has 0 N–H and O–H groups in total. The van der Waals surface area contributed by atoms with Gasteiger partial charge in [0.25, 0.3) is 0 Å². The summed E-state index contributed by atoms with van der Waals surface area (Å²) in [6, 6.07) is 40.0. The molecule has 0 bridgehead atoms. The number of halogens is 1. The number of hydrogen-bond acceptors (Lipinski definition) is 1. The Morgan fingerprint density at radius 2 is 1.09 bits per heavy atom. The molecule has 0 saturated carbocycles. The number of benzene rings is 5. The summed E-state index contributed by atoms with van der Waals surface area (Å²) in [7, 11) is 0. The molecule has 0 aliphatic rings. The highest BCUT2D eigenvalue weighted by molar-refractivity contribution is 6.36. The van der Waals surface area contributed by atoms with E-state index in [1.807, 2.05) is 36.4 Å². The van der Waals surface area contributed by atoms with Crippen molar-refractivity contribution in [1.82, 2.24) is 0 Å². The number of rotatable bonds is 3. The molecule has 6 rings (SSSR count). The van der Waals surface area contributed by atoms with E-state index in [0.29, 0.717) is 5.02 Å². The van der Waals surface area contributed by atoms with Gasteiger partial charge in [0.15, 0.2) is 5.58 Å². The summed E-state index contributed by atoms with van der Waals surface area (Å²) in [6.07, 6.45) is 0. The summed E-state index contributed by atoms with van der Waals surface area (Å²) in [6.45, 7) is 0. The van der Waals surface area contributed by atoms with Crippen LogP contribution in [-0.4, -0.2) is 0 Å². The Labute approximate surface area is 191 Å². The number of hydrogen-bond donors (Lipinski definition) is 0. The fraction of sp³-hybridized carbons (Fsp3) is 0. The van der Waals surface area contributed by atoms with Crippen LogP contribution in [0.5, 0.6) is 0 Å². The van der Waals surface area contributed by atoms with E-state index in [9.17, 15) is 0 Å². The molecule has 0 aliphatic carbocycles. The summed E-state index contributed by atoms with van der Waals surface area (Å²) in [5.74, 6) is 0. The van der Waals surface area contributed by atoms with Crippen molar-refractivity contribution >= 4 is 33.5 Å². The van der Waals surface area contributed by atoms with Gasteiger partial charge in [0.2, 0.25) is 0 Å². The fourth-order valence-corrected chi connectivity index (χ4v) is 4.64. The van der Waals surface area contributed by atoms with Crippen LogP contribution in [-0.2, 0) is 0 Å². The van der Waals surface area contributed by atoms with E-state index in [4.69, 9.17) is 16.0 Å². The molecular formula is C30H19ClO. The van der Waals surface area contributed by atoms with Gasteiger partial charge in [-0.3, -0.25) is 0 Å². The van der Waals surface area contributed by atoms with Gasteiger partial charge < -0.3 is 4.42 Å². The van der Waals surface area contributed by atoms with Gasteiger partial charge in [-0.1, -0.05) is 96.5 Å². The maximum atomic E-state index is 6.44. The average Bonchev–Trinajstić information content (AvgIpc) is 3.25. The first kappa shape index (κ1) is 18.9. The molecule has 0 saturated heterocycles. The minimum Gasteiger partial charge on any atom is -0.454 e. The molecule has 32 heavy (non-hydrogen) atoms. The topological polar surface area (TPSA) is 13.1 Å². The van der Waals surface area contributed by atoms with Crippen molar-refractivity contribution in [3.63, 3.8) is 0 Å². The van der Waals surface area contributed by atoms with E-state index in [0.717, 1.165) is 33.1 Å². The second-order valence-corrected chi connectivity index (χ2v) is 8.34. The third kappa shape index (κ3) is 3.19. The van der Waals surface area contributed by atoms with E-state index >= 15 is 0 Å². The van der Waals surface area contributed by atoms with Crippen LogP contribution >= 0.6 is 11.6 Å². The van der Waals surface area contributed by atoms with E-state index in [-0.39, 0.29) is 0 Å². The second-order valence-electron chi connectivity index (χ2n) is 7.93. The van der Waals surface area contributed by atoms with Gasteiger partial charge >= 0.3 is 0 Å². The van der Waals surface area contributed by atoms with Crippen LogP contribution < -0.4 is 0 Å². The van der Waals surface area contributed by atoms with Crippen LogP contribution in [0.15, 0.2) is 120 Å². The van der Waals surface area contributed by atoms with Crippen molar-refractivity contribution < 1.29 is 4.42 Å². The van der Waals surface area contributed by atoms with E-state index < -0.39 is 0 Å². The van der Waals surface area contributed by atoms with Gasteiger partial charge in [0, 0.05) is 10.8 Å². The first-order chi connectivity index (χ1) is 15.8. The molecule has 0 atom stereocenters. The van der Waals surface area contributed by atoms with Crippen molar-refractivity contribution in [3.8, 4) is 33.4 Å². The Hall–Kier alpha value is -3.81.